The van der Waals surface area contributed by atoms with Crippen molar-refractivity contribution < 1.29 is 4.79 Å². The SMILES string of the molecule is C[C@H](Sc1nnc(C2CC2)n1Cc1ccccc1)C(=O)NC1CCCCCC1. The van der Waals surface area contributed by atoms with Gasteiger partial charge in [-0.1, -0.05) is 67.8 Å². The van der Waals surface area contributed by atoms with E-state index in [1.807, 2.05) is 13.0 Å². The van der Waals surface area contributed by atoms with E-state index in [0.29, 0.717) is 12.0 Å². The van der Waals surface area contributed by atoms with Crippen molar-refractivity contribution in [2.75, 3.05) is 0 Å². The van der Waals surface area contributed by atoms with Gasteiger partial charge < -0.3 is 9.88 Å². The lowest BCUT2D eigenvalue weighted by atomic mass is 10.1. The van der Waals surface area contributed by atoms with Gasteiger partial charge in [-0.3, -0.25) is 4.79 Å². The molecule has 0 aliphatic heterocycles. The highest BCUT2D eigenvalue weighted by molar-refractivity contribution is 8.00. The van der Waals surface area contributed by atoms with Crippen molar-refractivity contribution in [1.29, 1.82) is 0 Å². The van der Waals surface area contributed by atoms with Crippen LogP contribution in [0, 0.1) is 0 Å². The molecule has 2 saturated carbocycles. The molecule has 2 aliphatic carbocycles. The molecule has 0 radical (unpaired) electrons. The van der Waals surface area contributed by atoms with Crippen LogP contribution >= 0.6 is 11.8 Å². The van der Waals surface area contributed by atoms with Gasteiger partial charge in [0.25, 0.3) is 0 Å². The predicted molar refractivity (Wildman–Crippen MR) is 112 cm³/mol. The average molecular weight is 399 g/mol. The molecule has 0 unspecified atom stereocenters. The van der Waals surface area contributed by atoms with Crippen LogP contribution in [0.1, 0.15) is 75.6 Å². The third kappa shape index (κ3) is 4.96. The van der Waals surface area contributed by atoms with E-state index in [2.05, 4.69) is 44.3 Å². The summed E-state index contributed by atoms with van der Waals surface area (Å²) >= 11 is 1.53. The van der Waals surface area contributed by atoms with Crippen LogP contribution in [0.25, 0.3) is 0 Å². The number of nitrogens with zero attached hydrogens (tertiary/aromatic N) is 3. The van der Waals surface area contributed by atoms with Gasteiger partial charge in [-0.2, -0.15) is 0 Å². The second-order valence-corrected chi connectivity index (χ2v) is 9.45. The summed E-state index contributed by atoms with van der Waals surface area (Å²) in [6.07, 6.45) is 9.64. The zero-order chi connectivity index (χ0) is 19.3. The maximum atomic E-state index is 12.8. The quantitative estimate of drug-likeness (QED) is 0.550. The Morgan fingerprint density at radius 2 is 1.82 bits per heavy atom. The fourth-order valence-electron chi connectivity index (χ4n) is 3.90. The smallest absolute Gasteiger partial charge is 0.233 e. The normalized spacial score (nSPS) is 19.2. The molecule has 1 heterocycles. The van der Waals surface area contributed by atoms with Gasteiger partial charge in [-0.05, 0) is 38.2 Å². The fraction of sp³-hybridized carbons (Fsp3) is 0.591. The second-order valence-electron chi connectivity index (χ2n) is 8.14. The van der Waals surface area contributed by atoms with Crippen molar-refractivity contribution in [3.8, 4) is 0 Å². The first-order valence-corrected chi connectivity index (χ1v) is 11.5. The molecule has 1 aromatic heterocycles. The zero-order valence-electron chi connectivity index (χ0n) is 16.6. The van der Waals surface area contributed by atoms with Crippen LogP contribution < -0.4 is 5.32 Å². The Kier molecular flexibility index (Phi) is 6.35. The van der Waals surface area contributed by atoms with E-state index in [1.54, 1.807) is 0 Å². The number of carbonyl (C=O) groups is 1. The van der Waals surface area contributed by atoms with E-state index in [4.69, 9.17) is 0 Å². The zero-order valence-corrected chi connectivity index (χ0v) is 17.5. The van der Waals surface area contributed by atoms with Crippen LogP contribution in [0.5, 0.6) is 0 Å². The summed E-state index contributed by atoms with van der Waals surface area (Å²) in [5, 5.41) is 12.9. The van der Waals surface area contributed by atoms with Crippen LogP contribution in [0.2, 0.25) is 0 Å². The molecule has 4 rings (SSSR count). The minimum atomic E-state index is -0.172. The highest BCUT2D eigenvalue weighted by Gasteiger charge is 2.31. The van der Waals surface area contributed by atoms with E-state index in [9.17, 15) is 4.79 Å². The van der Waals surface area contributed by atoms with Gasteiger partial charge in [0, 0.05) is 12.0 Å². The van der Waals surface area contributed by atoms with Gasteiger partial charge in [0.05, 0.1) is 11.8 Å². The predicted octanol–water partition coefficient (Wildman–Crippen LogP) is 4.52. The average Bonchev–Trinajstić information content (AvgIpc) is 3.51. The monoisotopic (exact) mass is 398 g/mol. The van der Waals surface area contributed by atoms with Gasteiger partial charge >= 0.3 is 0 Å². The van der Waals surface area contributed by atoms with Gasteiger partial charge in [0.1, 0.15) is 5.82 Å². The molecular weight excluding hydrogens is 368 g/mol. The molecule has 2 aromatic rings. The first-order chi connectivity index (χ1) is 13.7. The van der Waals surface area contributed by atoms with Crippen LogP contribution in [0.4, 0.5) is 0 Å². The number of thioether (sulfide) groups is 1. The summed E-state index contributed by atoms with van der Waals surface area (Å²) in [6.45, 7) is 2.74. The van der Waals surface area contributed by atoms with Crippen LogP contribution in [-0.2, 0) is 11.3 Å². The van der Waals surface area contributed by atoms with Crippen molar-refractivity contribution in [2.45, 2.75) is 87.2 Å². The Hall–Kier alpha value is -1.82. The molecule has 2 aliphatic rings. The van der Waals surface area contributed by atoms with E-state index in [1.165, 1.54) is 55.9 Å². The number of aromatic nitrogens is 3. The standard InChI is InChI=1S/C22H30N4OS/c1-16(21(27)23-19-11-7-2-3-8-12-19)28-22-25-24-20(18-13-14-18)26(22)15-17-9-5-4-6-10-17/h4-6,9-10,16,18-19H,2-3,7-8,11-15H2,1H3,(H,23,27)/t16-/m0/s1. The van der Waals surface area contributed by atoms with Crippen molar-refractivity contribution in [1.82, 2.24) is 20.1 Å². The van der Waals surface area contributed by atoms with Crippen molar-refractivity contribution in [2.24, 2.45) is 0 Å². The van der Waals surface area contributed by atoms with E-state index >= 15 is 0 Å². The lowest BCUT2D eigenvalue weighted by molar-refractivity contribution is -0.121. The lowest BCUT2D eigenvalue weighted by Crippen LogP contribution is -2.39. The van der Waals surface area contributed by atoms with E-state index < -0.39 is 0 Å². The Morgan fingerprint density at radius 1 is 1.11 bits per heavy atom. The molecule has 1 amide bonds. The summed E-state index contributed by atoms with van der Waals surface area (Å²) < 4.78 is 2.22. The molecule has 1 atom stereocenters. The first kappa shape index (κ1) is 19.5. The van der Waals surface area contributed by atoms with Crippen LogP contribution in [-0.4, -0.2) is 32.0 Å². The van der Waals surface area contributed by atoms with Gasteiger partial charge in [0.2, 0.25) is 5.91 Å². The summed E-state index contributed by atoms with van der Waals surface area (Å²) in [5.74, 6) is 1.72. The molecule has 28 heavy (non-hydrogen) atoms. The van der Waals surface area contributed by atoms with Crippen molar-refractivity contribution >= 4 is 17.7 Å². The van der Waals surface area contributed by atoms with E-state index in [-0.39, 0.29) is 11.2 Å². The number of benzene rings is 1. The molecule has 0 spiro atoms. The number of rotatable bonds is 7. The number of hydrogen-bond donors (Lipinski definition) is 1. The third-order valence-corrected chi connectivity index (χ3v) is 6.80. The number of amides is 1. The Morgan fingerprint density at radius 3 is 2.50 bits per heavy atom. The molecule has 1 aromatic carbocycles. The number of hydrogen-bond acceptors (Lipinski definition) is 4. The number of carbonyl (C=O) groups excluding carboxylic acids is 1. The Balaban J connectivity index is 1.43. The van der Waals surface area contributed by atoms with E-state index in [0.717, 1.165) is 30.4 Å². The highest BCUT2D eigenvalue weighted by Crippen LogP contribution is 2.40. The molecule has 0 saturated heterocycles. The van der Waals surface area contributed by atoms with Crippen molar-refractivity contribution in [3.05, 3.63) is 41.7 Å². The maximum absolute atomic E-state index is 12.8. The summed E-state index contributed by atoms with van der Waals surface area (Å²) in [5.41, 5.74) is 1.24. The lowest BCUT2D eigenvalue weighted by Gasteiger charge is -2.19. The van der Waals surface area contributed by atoms with Crippen molar-refractivity contribution in [3.63, 3.8) is 0 Å². The molecule has 0 bridgehead atoms. The molecule has 2 fully saturated rings. The minimum Gasteiger partial charge on any atom is -0.352 e. The number of nitrogens with one attached hydrogen (secondary N) is 1. The summed E-state index contributed by atoms with van der Waals surface area (Å²) in [4.78, 5) is 12.8. The Labute approximate surface area is 171 Å². The van der Waals surface area contributed by atoms with Gasteiger partial charge in [-0.25, -0.2) is 0 Å². The third-order valence-electron chi connectivity index (χ3n) is 5.72. The molecule has 150 valence electrons. The maximum Gasteiger partial charge on any atom is 0.233 e. The fourth-order valence-corrected chi connectivity index (χ4v) is 4.76. The minimum absolute atomic E-state index is 0.124. The molecule has 5 nitrogen and oxygen atoms in total. The second kappa shape index (κ2) is 9.12. The summed E-state index contributed by atoms with van der Waals surface area (Å²) in [7, 11) is 0. The molecule has 1 N–H and O–H groups in total. The van der Waals surface area contributed by atoms with Gasteiger partial charge in [0.15, 0.2) is 5.16 Å². The molecule has 6 heteroatoms. The first-order valence-electron chi connectivity index (χ1n) is 10.6. The highest BCUT2D eigenvalue weighted by atomic mass is 32.2. The topological polar surface area (TPSA) is 59.8 Å². The Bertz CT molecular complexity index is 779. The van der Waals surface area contributed by atoms with Crippen LogP contribution in [0.15, 0.2) is 35.5 Å². The van der Waals surface area contributed by atoms with Crippen LogP contribution in [0.3, 0.4) is 0 Å². The van der Waals surface area contributed by atoms with Gasteiger partial charge in [-0.15, -0.1) is 10.2 Å². The largest absolute Gasteiger partial charge is 0.352 e. The molecular formula is C22H30N4OS. The summed E-state index contributed by atoms with van der Waals surface area (Å²) in [6, 6.07) is 10.8.